The minimum Gasteiger partial charge on any atom is -0.467 e. The largest absolute Gasteiger partial charge is 0.467 e. The van der Waals surface area contributed by atoms with E-state index in [1.807, 2.05) is 6.07 Å². The average Bonchev–Trinajstić information content (AvgIpc) is 3.01. The Balaban J connectivity index is 1.41. The number of ether oxygens (including phenoxy) is 1. The molecule has 1 fully saturated rings. The Hall–Kier alpha value is -4.69. The van der Waals surface area contributed by atoms with Crippen LogP contribution in [0.1, 0.15) is 47.2 Å². The van der Waals surface area contributed by atoms with Crippen molar-refractivity contribution in [1.82, 2.24) is 10.3 Å². The van der Waals surface area contributed by atoms with E-state index >= 15 is 8.78 Å². The van der Waals surface area contributed by atoms with Gasteiger partial charge in [-0.05, 0) is 48.7 Å². The van der Waals surface area contributed by atoms with Gasteiger partial charge in [0, 0.05) is 46.3 Å². The highest BCUT2D eigenvalue weighted by Crippen LogP contribution is 2.37. The van der Waals surface area contributed by atoms with Crippen LogP contribution in [0.5, 0.6) is 0 Å². The number of fused-ring (bicyclic) bond motifs is 1. The van der Waals surface area contributed by atoms with Crippen LogP contribution in [0, 0.1) is 23.0 Å². The number of halogens is 5. The summed E-state index contributed by atoms with van der Waals surface area (Å²) in [5.74, 6) is -7.69. The minimum absolute atomic E-state index is 0.123. The van der Waals surface area contributed by atoms with Crippen LogP contribution in [0.25, 0.3) is 22.0 Å². The summed E-state index contributed by atoms with van der Waals surface area (Å²) < 4.78 is 63.6. The number of hydrogen-bond donors (Lipinski definition) is 2. The zero-order chi connectivity index (χ0) is 32.3. The van der Waals surface area contributed by atoms with Crippen LogP contribution in [0.2, 0.25) is 5.02 Å². The Morgan fingerprint density at radius 3 is 2.51 bits per heavy atom. The molecule has 0 aliphatic heterocycles. The average molecular weight is 639 g/mol. The smallest absolute Gasteiger partial charge is 0.328 e. The highest BCUT2D eigenvalue weighted by molar-refractivity contribution is 6.33. The van der Waals surface area contributed by atoms with E-state index in [-0.39, 0.29) is 24.9 Å². The third-order valence-electron chi connectivity index (χ3n) is 7.84. The lowest BCUT2D eigenvalue weighted by Gasteiger charge is -2.32. The zero-order valence-corrected chi connectivity index (χ0v) is 24.7. The molecular formula is C33H27ClF4N4O3. The van der Waals surface area contributed by atoms with Gasteiger partial charge in [0.1, 0.15) is 23.2 Å². The summed E-state index contributed by atoms with van der Waals surface area (Å²) in [6.45, 7) is 0. The normalized spacial score (nSPS) is 16.4. The Labute approximate surface area is 261 Å². The molecule has 232 valence electrons. The topological polar surface area (TPSA) is 104 Å². The number of esters is 1. The van der Waals surface area contributed by atoms with Crippen molar-refractivity contribution >= 4 is 40.1 Å². The van der Waals surface area contributed by atoms with Gasteiger partial charge in [0.2, 0.25) is 0 Å². The number of rotatable bonds is 8. The number of carbonyl (C=O) groups is 2. The van der Waals surface area contributed by atoms with Crippen LogP contribution in [0.4, 0.5) is 23.2 Å². The van der Waals surface area contributed by atoms with Gasteiger partial charge in [0.05, 0.1) is 30.3 Å². The molecule has 1 amide bonds. The van der Waals surface area contributed by atoms with E-state index in [0.29, 0.717) is 51.0 Å². The lowest BCUT2D eigenvalue weighted by Crippen LogP contribution is -2.44. The van der Waals surface area contributed by atoms with E-state index in [2.05, 4.69) is 15.6 Å². The number of benzene rings is 3. The third-order valence-corrected chi connectivity index (χ3v) is 8.15. The van der Waals surface area contributed by atoms with Crippen molar-refractivity contribution in [3.8, 4) is 17.2 Å². The monoisotopic (exact) mass is 638 g/mol. The summed E-state index contributed by atoms with van der Waals surface area (Å²) in [5, 5.41) is 15.0. The lowest BCUT2D eigenvalue weighted by atomic mass is 9.91. The summed E-state index contributed by atoms with van der Waals surface area (Å²) in [6.07, 6.45) is 2.16. The van der Waals surface area contributed by atoms with Gasteiger partial charge >= 0.3 is 5.97 Å². The molecule has 1 saturated carbocycles. The van der Waals surface area contributed by atoms with Gasteiger partial charge < -0.3 is 15.4 Å². The number of hydrogen-bond acceptors (Lipinski definition) is 6. The molecule has 5 rings (SSSR count). The maximum Gasteiger partial charge on any atom is 0.328 e. The van der Waals surface area contributed by atoms with E-state index in [9.17, 15) is 23.6 Å². The Bertz CT molecular complexity index is 1800. The molecule has 1 aliphatic rings. The van der Waals surface area contributed by atoms with Crippen molar-refractivity contribution in [2.75, 3.05) is 12.4 Å². The van der Waals surface area contributed by atoms with E-state index in [0.717, 1.165) is 19.2 Å². The number of carbonyl (C=O) groups excluding carboxylic acids is 2. The Morgan fingerprint density at radius 2 is 1.84 bits per heavy atom. The third kappa shape index (κ3) is 6.71. The number of alkyl halides is 2. The molecule has 12 heteroatoms. The van der Waals surface area contributed by atoms with Crippen molar-refractivity contribution in [1.29, 1.82) is 5.26 Å². The summed E-state index contributed by atoms with van der Waals surface area (Å²) in [6, 6.07) is 12.7. The first kappa shape index (κ1) is 31.7. The molecule has 0 radical (unpaired) electrons. The van der Waals surface area contributed by atoms with Gasteiger partial charge in [0.25, 0.3) is 11.8 Å². The Kier molecular flexibility index (Phi) is 9.25. The SMILES string of the molecule is COC(=O)[C@H](Cc1ccc(-c2ccc(C#N)cc2Cl)c2ncccc12)NC(=O)c1c(F)cc(N[C@@H]2CCCCC2(F)F)cc1F. The van der Waals surface area contributed by atoms with Crippen molar-refractivity contribution in [3.05, 3.63) is 94.1 Å². The van der Waals surface area contributed by atoms with E-state index in [1.54, 1.807) is 42.6 Å². The van der Waals surface area contributed by atoms with Gasteiger partial charge in [-0.1, -0.05) is 42.3 Å². The van der Waals surface area contributed by atoms with Crippen LogP contribution < -0.4 is 10.6 Å². The van der Waals surface area contributed by atoms with Gasteiger partial charge in [-0.3, -0.25) is 9.78 Å². The minimum atomic E-state index is -3.04. The standard InChI is InChI=1S/C33H27ClF4N4O3/c1-45-32(44)27(42-31(43)29-25(35)15-20(16-26(29)36)41-28-6-2-3-11-33(28,37)38)14-19-8-10-23(30-21(19)5-4-12-40-30)22-9-7-18(17-39)13-24(22)34/h4-5,7-10,12-13,15-16,27-28,41H,2-3,6,11,14H2,1H3,(H,42,43)/t27-,28+/m0/s1. The highest BCUT2D eigenvalue weighted by atomic mass is 35.5. The second kappa shape index (κ2) is 13.1. The maximum absolute atomic E-state index is 15.1. The van der Waals surface area contributed by atoms with Crippen molar-refractivity contribution in [2.45, 2.75) is 50.1 Å². The molecule has 0 bridgehead atoms. The van der Waals surface area contributed by atoms with E-state index < -0.39 is 47.1 Å². The van der Waals surface area contributed by atoms with Crippen molar-refractivity contribution in [2.24, 2.45) is 0 Å². The molecular weight excluding hydrogens is 612 g/mol. The number of aromatic nitrogens is 1. The number of nitrogens with one attached hydrogen (secondary N) is 2. The molecule has 2 atom stereocenters. The molecule has 0 unspecified atom stereocenters. The van der Waals surface area contributed by atoms with Gasteiger partial charge in [0.15, 0.2) is 0 Å². The van der Waals surface area contributed by atoms with Crippen LogP contribution in [-0.4, -0.2) is 42.0 Å². The summed E-state index contributed by atoms with van der Waals surface area (Å²) in [4.78, 5) is 30.4. The molecule has 2 N–H and O–H groups in total. The first-order chi connectivity index (χ1) is 21.5. The van der Waals surface area contributed by atoms with Crippen LogP contribution in [0.15, 0.2) is 60.8 Å². The molecule has 4 aromatic rings. The summed E-state index contributed by atoms with van der Waals surface area (Å²) in [7, 11) is 1.11. The van der Waals surface area contributed by atoms with Crippen LogP contribution in [-0.2, 0) is 16.0 Å². The number of anilines is 1. The number of methoxy groups -OCH3 is 1. The van der Waals surface area contributed by atoms with Crippen LogP contribution >= 0.6 is 11.6 Å². The molecule has 3 aromatic carbocycles. The zero-order valence-electron chi connectivity index (χ0n) is 24.0. The number of pyridine rings is 1. The van der Waals surface area contributed by atoms with Gasteiger partial charge in [-0.15, -0.1) is 0 Å². The fourth-order valence-electron chi connectivity index (χ4n) is 5.56. The van der Waals surface area contributed by atoms with Crippen molar-refractivity contribution < 1.29 is 31.9 Å². The van der Waals surface area contributed by atoms with Gasteiger partial charge in [-0.2, -0.15) is 5.26 Å². The summed E-state index contributed by atoms with van der Waals surface area (Å²) in [5.41, 5.74) is 1.57. The lowest BCUT2D eigenvalue weighted by molar-refractivity contribution is -0.142. The highest BCUT2D eigenvalue weighted by Gasteiger charge is 2.41. The molecule has 0 saturated heterocycles. The number of amides is 1. The van der Waals surface area contributed by atoms with Gasteiger partial charge in [-0.25, -0.2) is 22.4 Å². The predicted octanol–water partition coefficient (Wildman–Crippen LogP) is 7.21. The molecule has 45 heavy (non-hydrogen) atoms. The first-order valence-corrected chi connectivity index (χ1v) is 14.5. The van der Waals surface area contributed by atoms with E-state index in [1.165, 1.54) is 6.07 Å². The second-order valence-electron chi connectivity index (χ2n) is 10.8. The van der Waals surface area contributed by atoms with Crippen molar-refractivity contribution in [3.63, 3.8) is 0 Å². The summed E-state index contributed by atoms with van der Waals surface area (Å²) >= 11 is 6.45. The number of nitriles is 1. The molecule has 0 spiro atoms. The van der Waals surface area contributed by atoms with E-state index in [4.69, 9.17) is 16.3 Å². The van der Waals surface area contributed by atoms with Crippen LogP contribution in [0.3, 0.4) is 0 Å². The molecule has 1 aromatic heterocycles. The fourth-order valence-corrected chi connectivity index (χ4v) is 5.85. The second-order valence-corrected chi connectivity index (χ2v) is 11.2. The first-order valence-electron chi connectivity index (χ1n) is 14.1. The molecule has 7 nitrogen and oxygen atoms in total. The number of nitrogens with zero attached hydrogens (tertiary/aromatic N) is 2. The maximum atomic E-state index is 15.1. The Morgan fingerprint density at radius 1 is 1.11 bits per heavy atom. The predicted molar refractivity (Wildman–Crippen MR) is 161 cm³/mol. The fraction of sp³-hybridized carbons (Fsp3) is 0.273. The molecule has 1 heterocycles. The quantitative estimate of drug-likeness (QED) is 0.156. The molecule has 1 aliphatic carbocycles.